The maximum atomic E-state index is 13.4. The molecule has 2 aliphatic rings. The SMILES string of the molecule is CC/C=C\C/C=C\C/C=C\C/C=C\C/C=C\C/C=C\C/C=C\C/C=C\C/C=C\C/C=C\CCCCCCCCCCC(=O)NC(COC1OC(CO)C(OC2OC(CO)C(O)C(O)C2O)C(O)C1O)C(O)/C=C/CCCCCCCCCCCCCCCCCCCCCCCCCCC. The Labute approximate surface area is 609 Å². The fourth-order valence-electron chi connectivity index (χ4n) is 12.5. The van der Waals surface area contributed by atoms with Crippen molar-refractivity contribution in [1.82, 2.24) is 5.32 Å². The normalized spacial score (nSPS) is 22.6. The number of hydrogen-bond donors (Lipinski definition) is 9. The minimum Gasteiger partial charge on any atom is -0.394 e. The average Bonchev–Trinajstić information content (AvgIpc) is 0.796. The summed E-state index contributed by atoms with van der Waals surface area (Å²) < 4.78 is 22.9. The van der Waals surface area contributed by atoms with Crippen LogP contribution in [0.15, 0.2) is 134 Å². The molecule has 0 aromatic carbocycles. The Morgan fingerprint density at radius 2 is 0.690 bits per heavy atom. The minimum absolute atomic E-state index is 0.250. The van der Waals surface area contributed by atoms with Crippen molar-refractivity contribution in [1.29, 1.82) is 0 Å². The predicted molar refractivity (Wildman–Crippen MR) is 415 cm³/mol. The van der Waals surface area contributed by atoms with Crippen LogP contribution in [0, 0.1) is 0 Å². The van der Waals surface area contributed by atoms with Gasteiger partial charge in [-0.05, 0) is 96.3 Å². The van der Waals surface area contributed by atoms with Crippen LogP contribution in [0.4, 0.5) is 0 Å². The molecular weight excluding hydrogens is 1250 g/mol. The smallest absolute Gasteiger partial charge is 0.220 e. The second-order valence-electron chi connectivity index (χ2n) is 27.8. The molecule has 14 heteroatoms. The summed E-state index contributed by atoms with van der Waals surface area (Å²) in [5, 5.41) is 87.7. The Morgan fingerprint density at radius 1 is 0.370 bits per heavy atom. The van der Waals surface area contributed by atoms with Crippen LogP contribution in [-0.2, 0) is 23.7 Å². The zero-order valence-electron chi connectivity index (χ0n) is 62.9. The van der Waals surface area contributed by atoms with E-state index < -0.39 is 86.8 Å². The summed E-state index contributed by atoms with van der Waals surface area (Å²) in [6.45, 7) is 2.71. The Kier molecular flexibility index (Phi) is 62.9. The molecule has 12 atom stereocenters. The lowest BCUT2D eigenvalue weighted by Gasteiger charge is -2.46. The summed E-state index contributed by atoms with van der Waals surface area (Å²) in [6, 6.07) is -0.931. The van der Waals surface area contributed by atoms with Crippen molar-refractivity contribution < 1.29 is 64.6 Å². The highest BCUT2D eigenvalue weighted by molar-refractivity contribution is 5.76. The van der Waals surface area contributed by atoms with E-state index in [1.54, 1.807) is 6.08 Å². The molecule has 0 radical (unpaired) electrons. The van der Waals surface area contributed by atoms with E-state index in [2.05, 4.69) is 141 Å². The first kappa shape index (κ1) is 92.2. The average molecular weight is 1400 g/mol. The lowest BCUT2D eigenvalue weighted by molar-refractivity contribution is -0.359. The van der Waals surface area contributed by atoms with Crippen LogP contribution in [0.3, 0.4) is 0 Å². The van der Waals surface area contributed by atoms with Gasteiger partial charge in [-0.1, -0.05) is 340 Å². The minimum atomic E-state index is -1.80. The van der Waals surface area contributed by atoms with Crippen molar-refractivity contribution >= 4 is 5.91 Å². The number of allylic oxidation sites excluding steroid dienone is 21. The topological polar surface area (TPSA) is 228 Å². The van der Waals surface area contributed by atoms with Crippen molar-refractivity contribution in [3.05, 3.63) is 134 Å². The van der Waals surface area contributed by atoms with Gasteiger partial charge in [-0.3, -0.25) is 4.79 Å². The molecule has 100 heavy (non-hydrogen) atoms. The molecule has 2 rings (SSSR count). The molecule has 574 valence electrons. The number of aliphatic hydroxyl groups excluding tert-OH is 8. The Morgan fingerprint density at radius 3 is 1.06 bits per heavy atom. The van der Waals surface area contributed by atoms with Gasteiger partial charge in [0, 0.05) is 6.42 Å². The van der Waals surface area contributed by atoms with Crippen LogP contribution in [0.2, 0.25) is 0 Å². The van der Waals surface area contributed by atoms with E-state index in [1.165, 1.54) is 167 Å². The summed E-state index contributed by atoms with van der Waals surface area (Å²) in [6.07, 6.45) is 85.1. The standard InChI is InChI=1S/C86H147NO13/c1-3-5-7-9-11-13-15-17-19-21-23-25-27-29-31-32-33-34-35-36-37-38-39-40-41-42-44-46-48-50-52-54-56-58-60-62-64-66-68-70-78(91)87-74(73-97-85-83(96)81(94)84(77(72-89)99-85)100-86-82(95)80(93)79(92)76(71-88)98-86)75(90)69-67-65-63-61-59-57-55-53-51-49-47-45-43-30-28-26-24-22-20-18-16-14-12-10-8-6-4-2/h5,7,11,13,17,19,23,25,29,31,33-34,36-37,39-40,42,44,48,50,67,69,74-77,79-86,88-90,92-96H,3-4,6,8-10,12,14-16,18,20-22,24,26-28,30,32,35,38,41,43,45-47,49,51-66,68,70-73H2,1-2H3,(H,87,91)/b7-5-,13-11-,19-17-,25-23-,31-29-,34-33-,37-36-,40-39-,44-42-,50-48-,69-67+. The van der Waals surface area contributed by atoms with Crippen molar-refractivity contribution in [3.63, 3.8) is 0 Å². The van der Waals surface area contributed by atoms with Crippen molar-refractivity contribution in [2.24, 2.45) is 0 Å². The van der Waals surface area contributed by atoms with Gasteiger partial charge in [-0.25, -0.2) is 0 Å². The van der Waals surface area contributed by atoms with Crippen molar-refractivity contribution in [2.45, 2.75) is 383 Å². The third-order valence-corrected chi connectivity index (χ3v) is 18.8. The fraction of sp³-hybridized carbons (Fsp3) is 0.733. The maximum Gasteiger partial charge on any atom is 0.220 e. The largest absolute Gasteiger partial charge is 0.394 e. The lowest BCUT2D eigenvalue weighted by Crippen LogP contribution is -2.65. The molecule has 0 saturated carbocycles. The summed E-state index contributed by atoms with van der Waals surface area (Å²) in [4.78, 5) is 13.4. The van der Waals surface area contributed by atoms with Crippen molar-refractivity contribution in [2.75, 3.05) is 19.8 Å². The molecule has 0 aromatic rings. The van der Waals surface area contributed by atoms with Crippen LogP contribution in [-0.4, -0.2) is 140 Å². The van der Waals surface area contributed by atoms with Gasteiger partial charge < -0.3 is 65.1 Å². The molecule has 0 spiro atoms. The first-order valence-electron chi connectivity index (χ1n) is 40.4. The van der Waals surface area contributed by atoms with E-state index in [0.717, 1.165) is 116 Å². The number of ether oxygens (including phenoxy) is 4. The first-order valence-corrected chi connectivity index (χ1v) is 40.4. The van der Waals surface area contributed by atoms with E-state index >= 15 is 0 Å². The van der Waals surface area contributed by atoms with Gasteiger partial charge in [-0.2, -0.15) is 0 Å². The van der Waals surface area contributed by atoms with E-state index in [0.29, 0.717) is 6.42 Å². The molecule has 12 unspecified atom stereocenters. The number of carbonyl (C=O) groups is 1. The summed E-state index contributed by atoms with van der Waals surface area (Å²) in [7, 11) is 0. The van der Waals surface area contributed by atoms with Crippen molar-refractivity contribution in [3.8, 4) is 0 Å². The van der Waals surface area contributed by atoms with Crippen LogP contribution in [0.25, 0.3) is 0 Å². The third kappa shape index (κ3) is 50.5. The number of amides is 1. The quantitative estimate of drug-likeness (QED) is 0.0204. The lowest BCUT2D eigenvalue weighted by atomic mass is 9.97. The molecule has 9 N–H and O–H groups in total. The van der Waals surface area contributed by atoms with Gasteiger partial charge in [0.05, 0.1) is 32.0 Å². The van der Waals surface area contributed by atoms with Gasteiger partial charge in [0.1, 0.15) is 48.8 Å². The van der Waals surface area contributed by atoms with Crippen LogP contribution in [0.1, 0.15) is 309 Å². The molecule has 0 bridgehead atoms. The molecule has 0 aromatic heterocycles. The number of aliphatic hydroxyl groups is 8. The van der Waals surface area contributed by atoms with E-state index in [9.17, 15) is 45.6 Å². The zero-order valence-corrected chi connectivity index (χ0v) is 62.9. The second-order valence-corrected chi connectivity index (χ2v) is 27.8. The highest BCUT2D eigenvalue weighted by Gasteiger charge is 2.51. The summed E-state index contributed by atoms with van der Waals surface area (Å²) in [5.41, 5.74) is 0. The maximum absolute atomic E-state index is 13.4. The molecule has 2 saturated heterocycles. The highest BCUT2D eigenvalue weighted by atomic mass is 16.7. The predicted octanol–water partition coefficient (Wildman–Crippen LogP) is 18.6. The van der Waals surface area contributed by atoms with Crippen LogP contribution in [0.5, 0.6) is 0 Å². The van der Waals surface area contributed by atoms with Gasteiger partial charge in [-0.15, -0.1) is 0 Å². The van der Waals surface area contributed by atoms with Gasteiger partial charge >= 0.3 is 0 Å². The Balaban J connectivity index is 1.64. The number of rotatable bonds is 66. The molecule has 0 aliphatic carbocycles. The fourth-order valence-corrected chi connectivity index (χ4v) is 12.5. The van der Waals surface area contributed by atoms with Crippen LogP contribution >= 0.6 is 0 Å². The number of carbonyl (C=O) groups excluding carboxylic acids is 1. The molecule has 2 aliphatic heterocycles. The third-order valence-electron chi connectivity index (χ3n) is 18.8. The van der Waals surface area contributed by atoms with E-state index in [-0.39, 0.29) is 18.9 Å². The van der Waals surface area contributed by atoms with Crippen LogP contribution < -0.4 is 5.32 Å². The van der Waals surface area contributed by atoms with Gasteiger partial charge in [0.25, 0.3) is 0 Å². The first-order chi connectivity index (χ1) is 49.1. The number of nitrogens with one attached hydrogen (secondary N) is 1. The molecule has 1 amide bonds. The number of hydrogen-bond acceptors (Lipinski definition) is 13. The molecule has 14 nitrogen and oxygen atoms in total. The number of unbranched alkanes of at least 4 members (excludes halogenated alkanes) is 33. The van der Waals surface area contributed by atoms with Gasteiger partial charge in [0.15, 0.2) is 12.6 Å². The highest BCUT2D eigenvalue weighted by Crippen LogP contribution is 2.30. The van der Waals surface area contributed by atoms with E-state index in [1.807, 2.05) is 6.08 Å². The van der Waals surface area contributed by atoms with Gasteiger partial charge in [0.2, 0.25) is 5.91 Å². The molecule has 2 heterocycles. The summed E-state index contributed by atoms with van der Waals surface area (Å²) >= 11 is 0. The Bertz CT molecular complexity index is 2200. The monoisotopic (exact) mass is 1400 g/mol. The second kappa shape index (κ2) is 68.3. The molecule has 2 fully saturated rings. The zero-order chi connectivity index (χ0) is 72.2. The molecular formula is C86H147NO13. The Hall–Kier alpha value is -3.87. The summed E-state index contributed by atoms with van der Waals surface area (Å²) in [5.74, 6) is -0.250. The van der Waals surface area contributed by atoms with E-state index in [4.69, 9.17) is 18.9 Å².